The molecule has 0 amide bonds. The number of hydrogen-bond donors (Lipinski definition) is 1. The van der Waals surface area contributed by atoms with Crippen molar-refractivity contribution < 1.29 is 9.84 Å². The van der Waals surface area contributed by atoms with E-state index in [1.807, 2.05) is 13.8 Å². The summed E-state index contributed by atoms with van der Waals surface area (Å²) in [5.74, 6) is 0. The van der Waals surface area contributed by atoms with Crippen LogP contribution < -0.4 is 0 Å². The van der Waals surface area contributed by atoms with Crippen LogP contribution in [0.15, 0.2) is 0 Å². The molecule has 0 fully saturated rings. The second kappa shape index (κ2) is 4.09. The molecular formula is C5H12O2. The van der Waals surface area contributed by atoms with Crippen molar-refractivity contribution in [3.05, 3.63) is 0 Å². The van der Waals surface area contributed by atoms with Gasteiger partial charge in [-0.05, 0) is 13.3 Å². The standard InChI is InChI=1S/C5H12O2/c1-3-5(6)7-4-2/h5-6H,3-4H2,1-2H3. The normalized spacial score (nSPS) is 14.1. The highest BCUT2D eigenvalue weighted by Crippen LogP contribution is 1.89. The number of ether oxygens (including phenoxy) is 1. The number of rotatable bonds is 3. The van der Waals surface area contributed by atoms with Crippen molar-refractivity contribution in [2.45, 2.75) is 26.6 Å². The third kappa shape index (κ3) is 3.76. The van der Waals surface area contributed by atoms with Gasteiger partial charge in [0.05, 0.1) is 0 Å². The summed E-state index contributed by atoms with van der Waals surface area (Å²) in [6.07, 6.45) is 0.124. The van der Waals surface area contributed by atoms with Crippen molar-refractivity contribution in [2.24, 2.45) is 0 Å². The Balaban J connectivity index is 2.83. The van der Waals surface area contributed by atoms with Crippen molar-refractivity contribution in [2.75, 3.05) is 6.61 Å². The van der Waals surface area contributed by atoms with Crippen molar-refractivity contribution in [3.63, 3.8) is 0 Å². The van der Waals surface area contributed by atoms with Gasteiger partial charge < -0.3 is 9.84 Å². The highest BCUT2D eigenvalue weighted by Gasteiger charge is 1.93. The first-order chi connectivity index (χ1) is 3.31. The lowest BCUT2D eigenvalue weighted by Gasteiger charge is -2.04. The summed E-state index contributed by atoms with van der Waals surface area (Å²) in [5, 5.41) is 8.64. The average Bonchev–Trinajstić information content (AvgIpc) is 1.68. The molecule has 2 heteroatoms. The molecular weight excluding hydrogens is 92.1 g/mol. The van der Waals surface area contributed by atoms with E-state index in [2.05, 4.69) is 0 Å². The predicted molar refractivity (Wildman–Crippen MR) is 27.9 cm³/mol. The van der Waals surface area contributed by atoms with Gasteiger partial charge in [0, 0.05) is 6.61 Å². The van der Waals surface area contributed by atoms with Gasteiger partial charge >= 0.3 is 0 Å². The van der Waals surface area contributed by atoms with E-state index in [-0.39, 0.29) is 0 Å². The molecule has 0 rings (SSSR count). The van der Waals surface area contributed by atoms with E-state index in [4.69, 9.17) is 9.84 Å². The maximum Gasteiger partial charge on any atom is 0.154 e. The second-order valence-corrected chi connectivity index (χ2v) is 1.32. The van der Waals surface area contributed by atoms with Crippen LogP contribution in [0.3, 0.4) is 0 Å². The van der Waals surface area contributed by atoms with Gasteiger partial charge in [-0.2, -0.15) is 0 Å². The van der Waals surface area contributed by atoms with Crippen LogP contribution in [-0.2, 0) is 4.74 Å². The van der Waals surface area contributed by atoms with E-state index in [1.54, 1.807) is 0 Å². The minimum atomic E-state index is -0.551. The van der Waals surface area contributed by atoms with Gasteiger partial charge in [-0.1, -0.05) is 6.92 Å². The largest absolute Gasteiger partial charge is 0.368 e. The molecule has 0 aliphatic heterocycles. The molecule has 1 atom stereocenters. The Morgan fingerprint density at radius 2 is 2.14 bits per heavy atom. The van der Waals surface area contributed by atoms with E-state index >= 15 is 0 Å². The molecule has 1 N–H and O–H groups in total. The van der Waals surface area contributed by atoms with E-state index in [0.29, 0.717) is 13.0 Å². The lowest BCUT2D eigenvalue weighted by molar-refractivity contribution is -0.0953. The fourth-order valence-corrected chi connectivity index (χ4v) is 0.310. The van der Waals surface area contributed by atoms with Gasteiger partial charge in [-0.15, -0.1) is 0 Å². The highest BCUT2D eigenvalue weighted by molar-refractivity contribution is 4.29. The molecule has 0 bridgehead atoms. The summed E-state index contributed by atoms with van der Waals surface area (Å²) in [7, 11) is 0. The fourth-order valence-electron chi connectivity index (χ4n) is 0.310. The second-order valence-electron chi connectivity index (χ2n) is 1.32. The predicted octanol–water partition coefficient (Wildman–Crippen LogP) is 0.751. The molecule has 0 saturated heterocycles. The topological polar surface area (TPSA) is 29.5 Å². The van der Waals surface area contributed by atoms with Gasteiger partial charge in [0.15, 0.2) is 6.29 Å². The summed E-state index contributed by atoms with van der Waals surface area (Å²) in [4.78, 5) is 0. The Morgan fingerprint density at radius 3 is 2.29 bits per heavy atom. The van der Waals surface area contributed by atoms with Crippen LogP contribution in [0.2, 0.25) is 0 Å². The van der Waals surface area contributed by atoms with Crippen molar-refractivity contribution in [1.82, 2.24) is 0 Å². The number of hydrogen-bond acceptors (Lipinski definition) is 2. The summed E-state index contributed by atoms with van der Waals surface area (Å²) < 4.78 is 4.75. The quantitative estimate of drug-likeness (QED) is 0.535. The number of aliphatic hydroxyl groups is 1. The average molecular weight is 104 g/mol. The van der Waals surface area contributed by atoms with E-state index in [0.717, 1.165) is 0 Å². The van der Waals surface area contributed by atoms with Crippen LogP contribution >= 0.6 is 0 Å². The van der Waals surface area contributed by atoms with Gasteiger partial charge in [0.25, 0.3) is 0 Å². The van der Waals surface area contributed by atoms with Gasteiger partial charge in [-0.3, -0.25) is 0 Å². The minimum absolute atomic E-state index is 0.551. The zero-order valence-corrected chi connectivity index (χ0v) is 4.85. The minimum Gasteiger partial charge on any atom is -0.368 e. The Labute approximate surface area is 44.1 Å². The van der Waals surface area contributed by atoms with Crippen LogP contribution in [-0.4, -0.2) is 18.0 Å². The third-order valence-electron chi connectivity index (χ3n) is 0.708. The smallest absolute Gasteiger partial charge is 0.154 e. The Morgan fingerprint density at radius 1 is 1.57 bits per heavy atom. The summed E-state index contributed by atoms with van der Waals surface area (Å²) in [6, 6.07) is 0. The molecule has 7 heavy (non-hydrogen) atoms. The molecule has 0 radical (unpaired) electrons. The lowest BCUT2D eigenvalue weighted by Crippen LogP contribution is -2.08. The first-order valence-electron chi connectivity index (χ1n) is 2.61. The summed E-state index contributed by atoms with van der Waals surface area (Å²) in [5.41, 5.74) is 0. The monoisotopic (exact) mass is 104 g/mol. The van der Waals surface area contributed by atoms with Crippen LogP contribution in [0.25, 0.3) is 0 Å². The molecule has 0 saturated carbocycles. The molecule has 1 unspecified atom stereocenters. The first-order valence-corrected chi connectivity index (χ1v) is 2.61. The molecule has 0 aliphatic rings. The lowest BCUT2D eigenvalue weighted by atomic mass is 10.5. The van der Waals surface area contributed by atoms with Crippen LogP contribution in [0.1, 0.15) is 20.3 Å². The Bertz CT molecular complexity index is 37.1. The molecule has 0 spiro atoms. The maximum absolute atomic E-state index is 8.64. The molecule has 2 nitrogen and oxygen atoms in total. The zero-order chi connectivity index (χ0) is 5.70. The van der Waals surface area contributed by atoms with E-state index < -0.39 is 6.29 Å². The van der Waals surface area contributed by atoms with Gasteiger partial charge in [0.1, 0.15) is 0 Å². The maximum atomic E-state index is 8.64. The molecule has 0 aliphatic carbocycles. The van der Waals surface area contributed by atoms with Crippen LogP contribution in [0.4, 0.5) is 0 Å². The highest BCUT2D eigenvalue weighted by atomic mass is 16.6. The van der Waals surface area contributed by atoms with Crippen LogP contribution in [0.5, 0.6) is 0 Å². The molecule has 0 aromatic rings. The van der Waals surface area contributed by atoms with Crippen molar-refractivity contribution in [1.29, 1.82) is 0 Å². The summed E-state index contributed by atoms with van der Waals surface area (Å²) in [6.45, 7) is 4.33. The van der Waals surface area contributed by atoms with Crippen molar-refractivity contribution >= 4 is 0 Å². The van der Waals surface area contributed by atoms with Gasteiger partial charge in [-0.25, -0.2) is 0 Å². The van der Waals surface area contributed by atoms with Crippen molar-refractivity contribution in [3.8, 4) is 0 Å². The van der Waals surface area contributed by atoms with Gasteiger partial charge in [0.2, 0.25) is 0 Å². The zero-order valence-electron chi connectivity index (χ0n) is 4.85. The van der Waals surface area contributed by atoms with E-state index in [9.17, 15) is 0 Å². The fraction of sp³-hybridized carbons (Fsp3) is 1.00. The SMILES string of the molecule is CCOC(O)CC. The van der Waals surface area contributed by atoms with E-state index in [1.165, 1.54) is 0 Å². The third-order valence-corrected chi connectivity index (χ3v) is 0.708. The molecule has 0 aromatic heterocycles. The first kappa shape index (κ1) is 6.92. The molecule has 0 heterocycles. The van der Waals surface area contributed by atoms with Crippen LogP contribution in [0, 0.1) is 0 Å². The summed E-state index contributed by atoms with van der Waals surface area (Å²) >= 11 is 0. The molecule has 0 aromatic carbocycles. The number of aliphatic hydroxyl groups excluding tert-OH is 1. The Kier molecular flexibility index (Phi) is 4.04. The Hall–Kier alpha value is -0.0800. The molecule has 44 valence electrons.